The van der Waals surface area contributed by atoms with Crippen LogP contribution in [0.5, 0.6) is 5.88 Å². The third-order valence-corrected chi connectivity index (χ3v) is 2.48. The summed E-state index contributed by atoms with van der Waals surface area (Å²) in [6, 6.07) is 0.622. The fourth-order valence-electron chi connectivity index (χ4n) is 1.46. The van der Waals surface area contributed by atoms with E-state index in [4.69, 9.17) is 4.74 Å². The Balaban J connectivity index is 1.90. The first kappa shape index (κ1) is 11.0. The SMILES string of the molecule is COc1nccnc1C(=O)CCNC1CC1. The molecule has 16 heavy (non-hydrogen) atoms. The van der Waals surface area contributed by atoms with E-state index in [9.17, 15) is 4.79 Å². The lowest BCUT2D eigenvalue weighted by molar-refractivity contribution is 0.0973. The smallest absolute Gasteiger partial charge is 0.243 e. The van der Waals surface area contributed by atoms with E-state index in [1.165, 1.54) is 32.3 Å². The van der Waals surface area contributed by atoms with E-state index in [0.29, 0.717) is 30.6 Å². The van der Waals surface area contributed by atoms with Crippen LogP contribution in [0.2, 0.25) is 0 Å². The highest BCUT2D eigenvalue weighted by Gasteiger charge is 2.21. The first-order chi connectivity index (χ1) is 7.81. The Kier molecular flexibility index (Phi) is 3.46. The molecule has 0 radical (unpaired) electrons. The molecule has 0 spiro atoms. The number of hydrogen-bond acceptors (Lipinski definition) is 5. The lowest BCUT2D eigenvalue weighted by atomic mass is 10.2. The Morgan fingerprint density at radius 3 is 2.94 bits per heavy atom. The van der Waals surface area contributed by atoms with E-state index >= 15 is 0 Å². The molecule has 1 fully saturated rings. The Hall–Kier alpha value is -1.49. The molecule has 0 bridgehead atoms. The monoisotopic (exact) mass is 221 g/mol. The van der Waals surface area contributed by atoms with Crippen LogP contribution in [0.4, 0.5) is 0 Å². The Bertz CT molecular complexity index is 377. The van der Waals surface area contributed by atoms with E-state index < -0.39 is 0 Å². The molecule has 2 rings (SSSR count). The Labute approximate surface area is 94.2 Å². The number of ketones is 1. The summed E-state index contributed by atoms with van der Waals surface area (Å²) in [5, 5.41) is 3.28. The van der Waals surface area contributed by atoms with Crippen molar-refractivity contribution in [3.05, 3.63) is 18.1 Å². The van der Waals surface area contributed by atoms with Gasteiger partial charge in [-0.1, -0.05) is 0 Å². The van der Waals surface area contributed by atoms with Crippen molar-refractivity contribution >= 4 is 5.78 Å². The molecule has 1 aliphatic rings. The van der Waals surface area contributed by atoms with Crippen molar-refractivity contribution in [3.63, 3.8) is 0 Å². The molecular weight excluding hydrogens is 206 g/mol. The summed E-state index contributed by atoms with van der Waals surface area (Å²) in [5.41, 5.74) is 0.322. The van der Waals surface area contributed by atoms with Gasteiger partial charge in [0.25, 0.3) is 0 Å². The van der Waals surface area contributed by atoms with Gasteiger partial charge in [0.05, 0.1) is 7.11 Å². The topological polar surface area (TPSA) is 64.1 Å². The normalized spacial score (nSPS) is 14.8. The summed E-state index contributed by atoms with van der Waals surface area (Å²) in [6.45, 7) is 0.698. The maximum Gasteiger partial charge on any atom is 0.243 e. The highest BCUT2D eigenvalue weighted by Crippen LogP contribution is 2.18. The number of nitrogens with zero attached hydrogens (tertiary/aromatic N) is 2. The van der Waals surface area contributed by atoms with Gasteiger partial charge in [-0.2, -0.15) is 0 Å². The zero-order valence-corrected chi connectivity index (χ0v) is 9.27. The van der Waals surface area contributed by atoms with Crippen LogP contribution in [0.25, 0.3) is 0 Å². The summed E-state index contributed by atoms with van der Waals surface area (Å²) in [4.78, 5) is 19.7. The lowest BCUT2D eigenvalue weighted by Gasteiger charge is -2.05. The fourth-order valence-corrected chi connectivity index (χ4v) is 1.46. The van der Waals surface area contributed by atoms with Gasteiger partial charge < -0.3 is 10.1 Å². The Morgan fingerprint density at radius 1 is 1.50 bits per heavy atom. The van der Waals surface area contributed by atoms with Gasteiger partial charge in [0.15, 0.2) is 11.5 Å². The van der Waals surface area contributed by atoms with Crippen LogP contribution in [-0.4, -0.2) is 35.4 Å². The molecule has 0 unspecified atom stereocenters. The predicted octanol–water partition coefficient (Wildman–Crippen LogP) is 0.810. The van der Waals surface area contributed by atoms with Gasteiger partial charge in [-0.3, -0.25) is 4.79 Å². The molecule has 5 heteroatoms. The summed E-state index contributed by atoms with van der Waals surface area (Å²) in [7, 11) is 1.49. The molecule has 0 aliphatic heterocycles. The third-order valence-electron chi connectivity index (χ3n) is 2.48. The number of ether oxygens (including phenoxy) is 1. The molecule has 0 amide bonds. The minimum absolute atomic E-state index is 0.0295. The molecule has 0 saturated heterocycles. The van der Waals surface area contributed by atoms with Gasteiger partial charge in [-0.05, 0) is 12.8 Å². The molecule has 1 aliphatic carbocycles. The van der Waals surface area contributed by atoms with Crippen molar-refractivity contribution < 1.29 is 9.53 Å². The zero-order chi connectivity index (χ0) is 11.4. The van der Waals surface area contributed by atoms with Crippen molar-refractivity contribution in [3.8, 4) is 5.88 Å². The molecule has 5 nitrogen and oxygen atoms in total. The van der Waals surface area contributed by atoms with Crippen LogP contribution in [0.1, 0.15) is 29.8 Å². The standard InChI is InChI=1S/C11H15N3O2/c1-16-11-10(13-6-7-14-11)9(15)4-5-12-8-2-3-8/h6-8,12H,2-5H2,1H3. The summed E-state index contributed by atoms with van der Waals surface area (Å²) >= 11 is 0. The molecule has 1 saturated carbocycles. The second kappa shape index (κ2) is 5.03. The summed E-state index contributed by atoms with van der Waals surface area (Å²) < 4.78 is 4.99. The van der Waals surface area contributed by atoms with Crippen LogP contribution >= 0.6 is 0 Å². The molecule has 0 atom stereocenters. The maximum absolute atomic E-state index is 11.8. The maximum atomic E-state index is 11.8. The first-order valence-electron chi connectivity index (χ1n) is 5.43. The number of nitrogens with one attached hydrogen (secondary N) is 1. The number of hydrogen-bond donors (Lipinski definition) is 1. The van der Waals surface area contributed by atoms with Gasteiger partial charge >= 0.3 is 0 Å². The fraction of sp³-hybridized carbons (Fsp3) is 0.545. The zero-order valence-electron chi connectivity index (χ0n) is 9.27. The quantitative estimate of drug-likeness (QED) is 0.720. The minimum atomic E-state index is -0.0295. The van der Waals surface area contributed by atoms with Crippen LogP contribution in [0.15, 0.2) is 12.4 Å². The molecule has 1 N–H and O–H groups in total. The van der Waals surface area contributed by atoms with E-state index in [1.807, 2.05) is 0 Å². The van der Waals surface area contributed by atoms with Crippen molar-refractivity contribution in [2.24, 2.45) is 0 Å². The molecule has 1 aromatic rings. The number of Topliss-reactive ketones (excluding diaryl/α,β-unsaturated/α-hetero) is 1. The second-order valence-electron chi connectivity index (χ2n) is 3.82. The minimum Gasteiger partial charge on any atom is -0.479 e. The first-order valence-corrected chi connectivity index (χ1v) is 5.43. The summed E-state index contributed by atoms with van der Waals surface area (Å²) in [5.74, 6) is 0.275. The molecule has 0 aromatic carbocycles. The predicted molar refractivity (Wildman–Crippen MR) is 58.6 cm³/mol. The van der Waals surface area contributed by atoms with Gasteiger partial charge in [0.2, 0.25) is 5.88 Å². The van der Waals surface area contributed by atoms with Gasteiger partial charge in [-0.15, -0.1) is 0 Å². The third kappa shape index (κ3) is 2.76. The number of rotatable bonds is 6. The highest BCUT2D eigenvalue weighted by molar-refractivity contribution is 5.96. The second-order valence-corrected chi connectivity index (χ2v) is 3.82. The van der Waals surface area contributed by atoms with E-state index in [2.05, 4.69) is 15.3 Å². The van der Waals surface area contributed by atoms with Gasteiger partial charge in [0.1, 0.15) is 0 Å². The van der Waals surface area contributed by atoms with Crippen LogP contribution < -0.4 is 10.1 Å². The van der Waals surface area contributed by atoms with E-state index in [-0.39, 0.29) is 5.78 Å². The number of carbonyl (C=O) groups excluding carboxylic acids is 1. The molecule has 1 heterocycles. The van der Waals surface area contributed by atoms with Gasteiger partial charge in [-0.25, -0.2) is 9.97 Å². The van der Waals surface area contributed by atoms with Crippen LogP contribution in [0.3, 0.4) is 0 Å². The molecule has 1 aromatic heterocycles. The molecular formula is C11H15N3O2. The number of methoxy groups -OCH3 is 1. The molecule has 86 valence electrons. The van der Waals surface area contributed by atoms with Crippen molar-refractivity contribution in [2.45, 2.75) is 25.3 Å². The van der Waals surface area contributed by atoms with Gasteiger partial charge in [0, 0.05) is 31.4 Å². The average molecular weight is 221 g/mol. The lowest BCUT2D eigenvalue weighted by Crippen LogP contribution is -2.21. The average Bonchev–Trinajstić information content (AvgIpc) is 3.13. The van der Waals surface area contributed by atoms with Crippen molar-refractivity contribution in [1.82, 2.24) is 15.3 Å². The van der Waals surface area contributed by atoms with Crippen molar-refractivity contribution in [1.29, 1.82) is 0 Å². The highest BCUT2D eigenvalue weighted by atomic mass is 16.5. The number of aromatic nitrogens is 2. The number of carbonyl (C=O) groups is 1. The van der Waals surface area contributed by atoms with Crippen LogP contribution in [-0.2, 0) is 0 Å². The Morgan fingerprint density at radius 2 is 2.25 bits per heavy atom. The van der Waals surface area contributed by atoms with E-state index in [0.717, 1.165) is 0 Å². The summed E-state index contributed by atoms with van der Waals surface area (Å²) in [6.07, 6.45) is 5.90. The van der Waals surface area contributed by atoms with E-state index in [1.54, 1.807) is 0 Å². The van der Waals surface area contributed by atoms with Crippen LogP contribution in [0, 0.1) is 0 Å². The largest absolute Gasteiger partial charge is 0.479 e. The van der Waals surface area contributed by atoms with Crippen molar-refractivity contribution in [2.75, 3.05) is 13.7 Å².